The monoisotopic (exact) mass is 238 g/mol. The van der Waals surface area contributed by atoms with Crippen molar-refractivity contribution in [2.45, 2.75) is 45.2 Å². The highest BCUT2D eigenvalue weighted by Gasteiger charge is 2.29. The number of nitrogens with two attached hydrogens (primary N) is 1. The zero-order chi connectivity index (χ0) is 12.3. The first-order valence-electron chi connectivity index (χ1n) is 6.46. The molecule has 0 bridgehead atoms. The Labute approximate surface area is 102 Å². The Hall–Kier alpha value is -0.940. The highest BCUT2D eigenvalue weighted by Crippen LogP contribution is 2.29. The van der Waals surface area contributed by atoms with E-state index in [9.17, 15) is 0 Å². The molecular formula is C12H22N4O. The lowest BCUT2D eigenvalue weighted by molar-refractivity contribution is 0.171. The molecule has 1 aliphatic carbocycles. The molecule has 2 N–H and O–H groups in total. The van der Waals surface area contributed by atoms with Gasteiger partial charge in [0.25, 0.3) is 0 Å². The molecule has 0 spiro atoms. The van der Waals surface area contributed by atoms with Gasteiger partial charge in [-0.15, -0.1) is 0 Å². The fourth-order valence-electron chi connectivity index (χ4n) is 2.70. The molecule has 0 radical (unpaired) electrons. The van der Waals surface area contributed by atoms with Crippen molar-refractivity contribution in [3.8, 4) is 0 Å². The molecule has 2 rings (SSSR count). The number of nitrogens with zero attached hydrogens (tertiary/aromatic N) is 3. The molecular weight excluding hydrogens is 216 g/mol. The Morgan fingerprint density at radius 1 is 1.47 bits per heavy atom. The summed E-state index contributed by atoms with van der Waals surface area (Å²) in [5, 5.41) is 3.92. The van der Waals surface area contributed by atoms with Crippen LogP contribution in [-0.4, -0.2) is 34.7 Å². The van der Waals surface area contributed by atoms with Gasteiger partial charge in [0.2, 0.25) is 5.89 Å². The Morgan fingerprint density at radius 2 is 2.29 bits per heavy atom. The van der Waals surface area contributed by atoms with Crippen LogP contribution in [0, 0.1) is 5.92 Å². The van der Waals surface area contributed by atoms with Gasteiger partial charge in [-0.05, 0) is 32.4 Å². The van der Waals surface area contributed by atoms with E-state index in [4.69, 9.17) is 10.3 Å². The molecule has 1 aromatic rings. The maximum atomic E-state index is 5.80. The molecule has 0 saturated heterocycles. The lowest BCUT2D eigenvalue weighted by Crippen LogP contribution is -2.37. The van der Waals surface area contributed by atoms with E-state index in [1.54, 1.807) is 0 Å². The summed E-state index contributed by atoms with van der Waals surface area (Å²) in [6, 6.07) is 0.567. The maximum Gasteiger partial charge on any atom is 0.240 e. The van der Waals surface area contributed by atoms with Crippen molar-refractivity contribution in [3.63, 3.8) is 0 Å². The lowest BCUT2D eigenvalue weighted by atomic mass is 10.0. The number of aromatic nitrogens is 2. The third-order valence-corrected chi connectivity index (χ3v) is 3.70. The summed E-state index contributed by atoms with van der Waals surface area (Å²) < 4.78 is 5.22. The molecule has 1 heterocycles. The minimum Gasteiger partial charge on any atom is -0.338 e. The largest absolute Gasteiger partial charge is 0.338 e. The van der Waals surface area contributed by atoms with E-state index in [1.165, 1.54) is 19.3 Å². The molecule has 1 saturated carbocycles. The molecule has 96 valence electrons. The molecule has 0 amide bonds. The van der Waals surface area contributed by atoms with Gasteiger partial charge >= 0.3 is 0 Å². The summed E-state index contributed by atoms with van der Waals surface area (Å²) in [5.74, 6) is 2.12. The number of hydrogen-bond acceptors (Lipinski definition) is 5. The maximum absolute atomic E-state index is 5.80. The van der Waals surface area contributed by atoms with Crippen LogP contribution in [0.2, 0.25) is 0 Å². The van der Waals surface area contributed by atoms with Crippen molar-refractivity contribution in [1.29, 1.82) is 0 Å². The van der Waals surface area contributed by atoms with E-state index in [2.05, 4.69) is 22.1 Å². The molecule has 1 fully saturated rings. The van der Waals surface area contributed by atoms with Crippen molar-refractivity contribution < 1.29 is 4.52 Å². The van der Waals surface area contributed by atoms with Gasteiger partial charge in [0.05, 0.1) is 6.54 Å². The minimum atomic E-state index is 0.567. The standard InChI is InChI=1S/C12H22N4O/c1-3-11-14-12(17-15-11)8-16(2)10-6-4-5-9(10)7-13/h9-10H,3-8,13H2,1-2H3. The third-order valence-electron chi connectivity index (χ3n) is 3.70. The van der Waals surface area contributed by atoms with Gasteiger partial charge in [-0.1, -0.05) is 18.5 Å². The van der Waals surface area contributed by atoms with Gasteiger partial charge in [-0.3, -0.25) is 4.90 Å². The summed E-state index contributed by atoms with van der Waals surface area (Å²) in [7, 11) is 2.12. The highest BCUT2D eigenvalue weighted by atomic mass is 16.5. The molecule has 2 unspecified atom stereocenters. The smallest absolute Gasteiger partial charge is 0.240 e. The molecule has 0 aliphatic heterocycles. The lowest BCUT2D eigenvalue weighted by Gasteiger charge is -2.27. The van der Waals surface area contributed by atoms with E-state index in [-0.39, 0.29) is 0 Å². The Bertz CT molecular complexity index is 352. The van der Waals surface area contributed by atoms with E-state index in [1.807, 2.05) is 6.92 Å². The van der Waals surface area contributed by atoms with E-state index < -0.39 is 0 Å². The van der Waals surface area contributed by atoms with Crippen molar-refractivity contribution >= 4 is 0 Å². The van der Waals surface area contributed by atoms with Crippen molar-refractivity contribution in [3.05, 3.63) is 11.7 Å². The minimum absolute atomic E-state index is 0.567. The second kappa shape index (κ2) is 5.60. The zero-order valence-corrected chi connectivity index (χ0v) is 10.7. The van der Waals surface area contributed by atoms with Crippen LogP contribution in [0.4, 0.5) is 0 Å². The van der Waals surface area contributed by atoms with Gasteiger partial charge in [0, 0.05) is 12.5 Å². The summed E-state index contributed by atoms with van der Waals surface area (Å²) in [6.07, 6.45) is 4.58. The van der Waals surface area contributed by atoms with Crippen LogP contribution in [-0.2, 0) is 13.0 Å². The first-order chi connectivity index (χ1) is 8.24. The van der Waals surface area contributed by atoms with Crippen LogP contribution in [0.15, 0.2) is 4.52 Å². The quantitative estimate of drug-likeness (QED) is 0.834. The molecule has 1 aliphatic rings. The summed E-state index contributed by atoms with van der Waals surface area (Å²) in [4.78, 5) is 6.64. The fourth-order valence-corrected chi connectivity index (χ4v) is 2.70. The van der Waals surface area contributed by atoms with Crippen molar-refractivity contribution in [2.24, 2.45) is 11.7 Å². The van der Waals surface area contributed by atoms with Crippen LogP contribution < -0.4 is 5.73 Å². The summed E-state index contributed by atoms with van der Waals surface area (Å²) in [5.41, 5.74) is 5.80. The second-order valence-corrected chi connectivity index (χ2v) is 4.87. The van der Waals surface area contributed by atoms with Crippen molar-refractivity contribution in [2.75, 3.05) is 13.6 Å². The summed E-state index contributed by atoms with van der Waals surface area (Å²) in [6.45, 7) is 3.53. The third kappa shape index (κ3) is 2.84. The molecule has 2 atom stereocenters. The first-order valence-corrected chi connectivity index (χ1v) is 6.46. The Kier molecular flexibility index (Phi) is 4.12. The number of rotatable bonds is 5. The van der Waals surface area contributed by atoms with Crippen LogP contribution in [0.1, 0.15) is 37.9 Å². The van der Waals surface area contributed by atoms with Gasteiger partial charge in [0.1, 0.15) is 0 Å². The summed E-state index contributed by atoms with van der Waals surface area (Å²) >= 11 is 0. The van der Waals surface area contributed by atoms with Gasteiger partial charge in [0.15, 0.2) is 5.82 Å². The average Bonchev–Trinajstić information content (AvgIpc) is 2.96. The second-order valence-electron chi connectivity index (χ2n) is 4.87. The normalized spacial score (nSPS) is 24.7. The van der Waals surface area contributed by atoms with Crippen molar-refractivity contribution in [1.82, 2.24) is 15.0 Å². The van der Waals surface area contributed by atoms with Crippen LogP contribution in [0.5, 0.6) is 0 Å². The molecule has 1 aromatic heterocycles. The van der Waals surface area contributed by atoms with E-state index >= 15 is 0 Å². The first kappa shape index (κ1) is 12.5. The zero-order valence-electron chi connectivity index (χ0n) is 10.7. The van der Waals surface area contributed by atoms with Crippen LogP contribution in [0.25, 0.3) is 0 Å². The predicted octanol–water partition coefficient (Wildman–Crippen LogP) is 1.19. The fraction of sp³-hybridized carbons (Fsp3) is 0.833. The average molecular weight is 238 g/mol. The molecule has 5 heteroatoms. The van der Waals surface area contributed by atoms with Crippen LogP contribution >= 0.6 is 0 Å². The highest BCUT2D eigenvalue weighted by molar-refractivity contribution is 4.89. The molecule has 17 heavy (non-hydrogen) atoms. The van der Waals surface area contributed by atoms with Gasteiger partial charge in [-0.2, -0.15) is 4.98 Å². The Morgan fingerprint density at radius 3 is 2.94 bits per heavy atom. The van der Waals surface area contributed by atoms with Crippen LogP contribution in [0.3, 0.4) is 0 Å². The predicted molar refractivity (Wildman–Crippen MR) is 65.3 cm³/mol. The number of aryl methyl sites for hydroxylation is 1. The topological polar surface area (TPSA) is 68.2 Å². The number of hydrogen-bond donors (Lipinski definition) is 1. The van der Waals surface area contributed by atoms with E-state index in [0.29, 0.717) is 17.9 Å². The van der Waals surface area contributed by atoms with E-state index in [0.717, 1.165) is 25.3 Å². The van der Waals surface area contributed by atoms with Gasteiger partial charge in [-0.25, -0.2) is 0 Å². The Balaban J connectivity index is 1.93. The molecule has 5 nitrogen and oxygen atoms in total. The van der Waals surface area contributed by atoms with Gasteiger partial charge < -0.3 is 10.3 Å². The SMILES string of the molecule is CCc1noc(CN(C)C2CCCC2CN)n1. The molecule has 0 aromatic carbocycles.